The molecule has 0 heterocycles. The minimum absolute atomic E-state index is 0.0577. The maximum absolute atomic E-state index is 15.3. The number of aryl methyl sites for hydroxylation is 4. The minimum atomic E-state index is -4.74. The molecule has 0 amide bonds. The van der Waals surface area contributed by atoms with E-state index in [2.05, 4.69) is 11.7 Å². The molecule has 4 aromatic rings. The Kier molecular flexibility index (Phi) is 10.9. The van der Waals surface area contributed by atoms with Gasteiger partial charge in [-0.15, -0.1) is 0 Å². The molecule has 4 aromatic carbocycles. The summed E-state index contributed by atoms with van der Waals surface area (Å²) in [4.78, 5) is 0. The predicted octanol–water partition coefficient (Wildman–Crippen LogP) is 9.87. The molecule has 0 unspecified atom stereocenters. The zero-order valence-corrected chi connectivity index (χ0v) is 23.8. The lowest BCUT2D eigenvalue weighted by Gasteiger charge is -2.12. The van der Waals surface area contributed by atoms with Gasteiger partial charge >= 0.3 is 6.18 Å². The Morgan fingerprint density at radius 3 is 2.02 bits per heavy atom. The molecule has 0 saturated carbocycles. The summed E-state index contributed by atoms with van der Waals surface area (Å²) in [5.41, 5.74) is 1.96. The quantitative estimate of drug-likeness (QED) is 0.105. The standard InChI is InChI=1S/C34H33F7O2/c1-2-3-4-5-16-42-27-14-13-24(29(35)20-27)9-6-22-8-15-28-26(17-22)12-11-25(32(28)38)10-7-23-18-30(36)33(31(37)19-23)43-21-34(39,40)41/h8,11-15,17-20H,2-7,9-10,16,21H2,1H3. The Hall–Kier alpha value is -3.75. The van der Waals surface area contributed by atoms with Gasteiger partial charge in [0.05, 0.1) is 6.61 Å². The summed E-state index contributed by atoms with van der Waals surface area (Å²) < 4.78 is 105. The van der Waals surface area contributed by atoms with Crippen molar-refractivity contribution in [2.45, 2.75) is 64.5 Å². The number of hydrogen-bond acceptors (Lipinski definition) is 2. The van der Waals surface area contributed by atoms with Gasteiger partial charge in [-0.3, -0.25) is 0 Å². The highest BCUT2D eigenvalue weighted by Gasteiger charge is 2.30. The molecule has 0 aromatic heterocycles. The fourth-order valence-electron chi connectivity index (χ4n) is 4.88. The highest BCUT2D eigenvalue weighted by atomic mass is 19.4. The second-order valence-corrected chi connectivity index (χ2v) is 10.5. The minimum Gasteiger partial charge on any atom is -0.493 e. The Labute approximate surface area is 246 Å². The SMILES string of the molecule is CCCCCCOc1ccc(CCc2ccc3c(F)c(CCc4cc(F)c(OCC(F)(F)F)c(F)c4)ccc3c2)c(F)c1. The normalized spacial score (nSPS) is 11.7. The van der Waals surface area contributed by atoms with Crippen LogP contribution in [0.5, 0.6) is 11.5 Å². The van der Waals surface area contributed by atoms with Crippen molar-refractivity contribution >= 4 is 10.8 Å². The van der Waals surface area contributed by atoms with Crippen LogP contribution in [0, 0.1) is 23.3 Å². The summed E-state index contributed by atoms with van der Waals surface area (Å²) in [6.07, 6.45) is 0.746. The number of unbranched alkanes of at least 4 members (excludes halogenated alkanes) is 3. The third-order valence-electron chi connectivity index (χ3n) is 7.19. The molecule has 0 bridgehead atoms. The van der Waals surface area contributed by atoms with Gasteiger partial charge in [-0.1, -0.05) is 62.6 Å². The highest BCUT2D eigenvalue weighted by molar-refractivity contribution is 5.84. The zero-order chi connectivity index (χ0) is 31.0. The third kappa shape index (κ3) is 9.12. The van der Waals surface area contributed by atoms with Crippen molar-refractivity contribution in [2.75, 3.05) is 13.2 Å². The molecule has 0 saturated heterocycles. The Bertz CT molecular complexity index is 1510. The van der Waals surface area contributed by atoms with Crippen molar-refractivity contribution in [3.05, 3.63) is 106 Å². The van der Waals surface area contributed by atoms with E-state index < -0.39 is 36.0 Å². The molecule has 0 N–H and O–H groups in total. The number of ether oxygens (including phenoxy) is 2. The van der Waals surface area contributed by atoms with Crippen LogP contribution >= 0.6 is 0 Å². The van der Waals surface area contributed by atoms with Crippen molar-refractivity contribution in [3.63, 3.8) is 0 Å². The molecular formula is C34H33F7O2. The molecule has 0 fully saturated rings. The third-order valence-corrected chi connectivity index (χ3v) is 7.19. The maximum atomic E-state index is 15.3. The van der Waals surface area contributed by atoms with Crippen LogP contribution in [-0.2, 0) is 25.7 Å². The van der Waals surface area contributed by atoms with Gasteiger partial charge in [0.1, 0.15) is 17.4 Å². The molecule has 43 heavy (non-hydrogen) atoms. The van der Waals surface area contributed by atoms with Crippen LogP contribution in [0.4, 0.5) is 30.7 Å². The van der Waals surface area contributed by atoms with E-state index in [0.717, 1.165) is 43.4 Å². The monoisotopic (exact) mass is 606 g/mol. The number of benzene rings is 4. The molecule has 9 heteroatoms. The van der Waals surface area contributed by atoms with Gasteiger partial charge in [-0.2, -0.15) is 13.2 Å². The summed E-state index contributed by atoms with van der Waals surface area (Å²) >= 11 is 0. The average Bonchev–Trinajstić information content (AvgIpc) is 2.95. The van der Waals surface area contributed by atoms with Crippen molar-refractivity contribution < 1.29 is 40.2 Å². The van der Waals surface area contributed by atoms with Gasteiger partial charge in [-0.25, -0.2) is 17.6 Å². The smallest absolute Gasteiger partial charge is 0.422 e. The van der Waals surface area contributed by atoms with Crippen molar-refractivity contribution in [2.24, 2.45) is 0 Å². The molecule has 0 aliphatic carbocycles. The highest BCUT2D eigenvalue weighted by Crippen LogP contribution is 2.28. The van der Waals surface area contributed by atoms with Crippen LogP contribution in [0.15, 0.2) is 60.7 Å². The molecule has 2 nitrogen and oxygen atoms in total. The molecule has 0 spiro atoms. The van der Waals surface area contributed by atoms with Crippen molar-refractivity contribution in [1.29, 1.82) is 0 Å². The maximum Gasteiger partial charge on any atom is 0.422 e. The Balaban J connectivity index is 1.36. The fraction of sp³-hybridized carbons (Fsp3) is 0.353. The van der Waals surface area contributed by atoms with Crippen LogP contribution in [0.25, 0.3) is 10.8 Å². The molecular weight excluding hydrogens is 573 g/mol. The number of hydrogen-bond donors (Lipinski definition) is 0. The van der Waals surface area contributed by atoms with E-state index in [-0.39, 0.29) is 24.2 Å². The van der Waals surface area contributed by atoms with E-state index in [1.165, 1.54) is 6.07 Å². The van der Waals surface area contributed by atoms with Gasteiger partial charge < -0.3 is 9.47 Å². The first-order valence-corrected chi connectivity index (χ1v) is 14.3. The summed E-state index contributed by atoms with van der Waals surface area (Å²) in [7, 11) is 0. The molecule has 4 rings (SSSR count). The Morgan fingerprint density at radius 2 is 1.33 bits per heavy atom. The van der Waals surface area contributed by atoms with Crippen molar-refractivity contribution in [3.8, 4) is 11.5 Å². The topological polar surface area (TPSA) is 18.5 Å². The molecule has 0 radical (unpaired) electrons. The summed E-state index contributed by atoms with van der Waals surface area (Å²) in [6, 6.07) is 15.3. The number of halogens is 7. The lowest BCUT2D eigenvalue weighted by molar-refractivity contribution is -0.154. The van der Waals surface area contributed by atoms with E-state index in [4.69, 9.17) is 4.74 Å². The van der Waals surface area contributed by atoms with Gasteiger partial charge in [0, 0.05) is 11.5 Å². The zero-order valence-electron chi connectivity index (χ0n) is 23.8. The second-order valence-electron chi connectivity index (χ2n) is 10.5. The fourth-order valence-corrected chi connectivity index (χ4v) is 4.88. The lowest BCUT2D eigenvalue weighted by atomic mass is 9.97. The van der Waals surface area contributed by atoms with Crippen LogP contribution in [-0.4, -0.2) is 19.4 Å². The first-order valence-electron chi connectivity index (χ1n) is 14.3. The second kappa shape index (κ2) is 14.6. The first kappa shape index (κ1) is 32.2. The molecule has 0 aliphatic rings. The van der Waals surface area contributed by atoms with E-state index >= 15 is 4.39 Å². The number of fused-ring (bicyclic) bond motifs is 1. The Morgan fingerprint density at radius 1 is 0.628 bits per heavy atom. The van der Waals surface area contributed by atoms with Crippen LogP contribution in [0.3, 0.4) is 0 Å². The summed E-state index contributed by atoms with van der Waals surface area (Å²) in [5.74, 6) is -3.90. The van der Waals surface area contributed by atoms with E-state index in [9.17, 15) is 26.3 Å². The van der Waals surface area contributed by atoms with Crippen LogP contribution in [0.1, 0.15) is 54.9 Å². The largest absolute Gasteiger partial charge is 0.493 e. The van der Waals surface area contributed by atoms with Gasteiger partial charge in [0.25, 0.3) is 0 Å². The summed E-state index contributed by atoms with van der Waals surface area (Å²) in [6.45, 7) is 0.877. The van der Waals surface area contributed by atoms with Gasteiger partial charge in [0.15, 0.2) is 24.0 Å². The van der Waals surface area contributed by atoms with E-state index in [1.54, 1.807) is 36.4 Å². The first-order chi connectivity index (χ1) is 20.5. The summed E-state index contributed by atoms with van der Waals surface area (Å²) in [5, 5.41) is 1.04. The molecule has 0 aliphatic heterocycles. The number of rotatable bonds is 14. The van der Waals surface area contributed by atoms with Crippen LogP contribution in [0.2, 0.25) is 0 Å². The van der Waals surface area contributed by atoms with Gasteiger partial charge in [0.2, 0.25) is 0 Å². The van der Waals surface area contributed by atoms with Gasteiger partial charge in [-0.05, 0) is 77.9 Å². The van der Waals surface area contributed by atoms with E-state index in [1.807, 2.05) is 6.07 Å². The van der Waals surface area contributed by atoms with E-state index in [0.29, 0.717) is 47.1 Å². The van der Waals surface area contributed by atoms with Crippen molar-refractivity contribution in [1.82, 2.24) is 0 Å². The van der Waals surface area contributed by atoms with Crippen LogP contribution < -0.4 is 9.47 Å². The molecule has 0 atom stereocenters. The lowest BCUT2D eigenvalue weighted by Crippen LogP contribution is -2.20. The predicted molar refractivity (Wildman–Crippen MR) is 153 cm³/mol. The average molecular weight is 607 g/mol. The molecule has 230 valence electrons. The number of alkyl halides is 3.